The van der Waals surface area contributed by atoms with Crippen LogP contribution < -0.4 is 10.2 Å². The second kappa shape index (κ2) is 7.79. The lowest BCUT2D eigenvalue weighted by Gasteiger charge is -2.13. The van der Waals surface area contributed by atoms with Crippen molar-refractivity contribution in [1.82, 2.24) is 5.32 Å². The minimum absolute atomic E-state index is 0.0100. The lowest BCUT2D eigenvalue weighted by Crippen LogP contribution is -2.31. The van der Waals surface area contributed by atoms with Gasteiger partial charge >= 0.3 is 0 Å². The molecular weight excluding hydrogens is 240 g/mol. The summed E-state index contributed by atoms with van der Waals surface area (Å²) in [7, 11) is 4.00. The topological polar surface area (TPSA) is 52.6 Å². The lowest BCUT2D eigenvalue weighted by atomic mass is 10.1. The van der Waals surface area contributed by atoms with E-state index in [1.165, 1.54) is 0 Å². The summed E-state index contributed by atoms with van der Waals surface area (Å²) < 4.78 is 0. The van der Waals surface area contributed by atoms with Gasteiger partial charge in [-0.15, -0.1) is 0 Å². The van der Waals surface area contributed by atoms with Gasteiger partial charge in [0, 0.05) is 32.7 Å². The Balaban J connectivity index is 2.33. The zero-order chi connectivity index (χ0) is 14.3. The van der Waals surface area contributed by atoms with Gasteiger partial charge in [-0.1, -0.05) is 19.1 Å². The van der Waals surface area contributed by atoms with Crippen molar-refractivity contribution in [3.05, 3.63) is 29.8 Å². The number of rotatable bonds is 7. The van der Waals surface area contributed by atoms with Gasteiger partial charge in [0.15, 0.2) is 0 Å². The lowest BCUT2D eigenvalue weighted by molar-refractivity contribution is -0.121. The molecule has 0 saturated heterocycles. The maximum absolute atomic E-state index is 11.6. The summed E-state index contributed by atoms with van der Waals surface area (Å²) in [4.78, 5) is 13.6. The number of nitrogens with one attached hydrogen (secondary N) is 1. The standard InChI is InChI=1S/C15H24N2O2/c1-4-14(18)11-16-15(19)10-7-12-5-8-13(9-6-12)17(2)3/h5-6,8-9,14,18H,4,7,10-11H2,1-3H3,(H,16,19). The number of aliphatic hydroxyl groups is 1. The highest BCUT2D eigenvalue weighted by Gasteiger charge is 2.05. The van der Waals surface area contributed by atoms with Crippen molar-refractivity contribution < 1.29 is 9.90 Å². The Kier molecular flexibility index (Phi) is 6.36. The number of hydrogen-bond donors (Lipinski definition) is 2. The van der Waals surface area contributed by atoms with Gasteiger partial charge in [-0.2, -0.15) is 0 Å². The molecule has 0 aromatic heterocycles. The van der Waals surface area contributed by atoms with E-state index in [1.54, 1.807) is 0 Å². The second-order valence-corrected chi connectivity index (χ2v) is 4.93. The first-order valence-corrected chi connectivity index (χ1v) is 6.74. The van der Waals surface area contributed by atoms with Crippen LogP contribution in [0, 0.1) is 0 Å². The number of nitrogens with zero attached hydrogens (tertiary/aromatic N) is 1. The van der Waals surface area contributed by atoms with Crippen molar-refractivity contribution in [1.29, 1.82) is 0 Å². The fraction of sp³-hybridized carbons (Fsp3) is 0.533. The molecule has 1 rings (SSSR count). The third-order valence-electron chi connectivity index (χ3n) is 3.10. The van der Waals surface area contributed by atoms with Crippen LogP contribution >= 0.6 is 0 Å². The molecule has 1 aromatic rings. The minimum Gasteiger partial charge on any atom is -0.391 e. The molecule has 1 unspecified atom stereocenters. The average Bonchev–Trinajstić information content (AvgIpc) is 2.42. The highest BCUT2D eigenvalue weighted by molar-refractivity contribution is 5.76. The summed E-state index contributed by atoms with van der Waals surface area (Å²) >= 11 is 0. The Morgan fingerprint density at radius 2 is 1.95 bits per heavy atom. The Labute approximate surface area is 115 Å². The zero-order valence-corrected chi connectivity index (χ0v) is 12.0. The number of amides is 1. The van der Waals surface area contributed by atoms with Crippen molar-refractivity contribution in [2.45, 2.75) is 32.3 Å². The monoisotopic (exact) mass is 264 g/mol. The van der Waals surface area contributed by atoms with E-state index in [0.717, 1.165) is 17.7 Å². The fourth-order valence-corrected chi connectivity index (χ4v) is 1.68. The molecule has 0 aliphatic carbocycles. The quantitative estimate of drug-likeness (QED) is 0.786. The van der Waals surface area contributed by atoms with Crippen LogP contribution in [0.4, 0.5) is 5.69 Å². The van der Waals surface area contributed by atoms with Gasteiger partial charge in [0.05, 0.1) is 6.10 Å². The molecule has 19 heavy (non-hydrogen) atoms. The Morgan fingerprint density at radius 3 is 2.47 bits per heavy atom. The molecular formula is C15H24N2O2. The van der Waals surface area contributed by atoms with E-state index in [2.05, 4.69) is 5.32 Å². The first-order chi connectivity index (χ1) is 9.02. The van der Waals surface area contributed by atoms with Gasteiger partial charge in [-0.25, -0.2) is 0 Å². The Hall–Kier alpha value is -1.55. The van der Waals surface area contributed by atoms with Crippen molar-refractivity contribution in [2.75, 3.05) is 25.5 Å². The molecule has 1 amide bonds. The Morgan fingerprint density at radius 1 is 1.32 bits per heavy atom. The maximum Gasteiger partial charge on any atom is 0.220 e. The van der Waals surface area contributed by atoms with Crippen molar-refractivity contribution >= 4 is 11.6 Å². The van der Waals surface area contributed by atoms with Crippen molar-refractivity contribution in [2.24, 2.45) is 0 Å². The van der Waals surface area contributed by atoms with Crippen molar-refractivity contribution in [3.8, 4) is 0 Å². The van der Waals surface area contributed by atoms with Crippen LogP contribution in [0.3, 0.4) is 0 Å². The Bertz CT molecular complexity index is 388. The van der Waals surface area contributed by atoms with Gasteiger partial charge < -0.3 is 15.3 Å². The highest BCUT2D eigenvalue weighted by Crippen LogP contribution is 2.13. The third kappa shape index (κ3) is 5.75. The van der Waals surface area contributed by atoms with Crippen LogP contribution in [0.1, 0.15) is 25.3 Å². The molecule has 4 heteroatoms. The summed E-state index contributed by atoms with van der Waals surface area (Å²) in [6.07, 6.45) is 1.40. The van der Waals surface area contributed by atoms with Crippen LogP contribution in [0.15, 0.2) is 24.3 Å². The molecule has 1 atom stereocenters. The molecule has 0 bridgehead atoms. The molecule has 2 N–H and O–H groups in total. The van der Waals surface area contributed by atoms with Crippen LogP contribution in [-0.4, -0.2) is 37.8 Å². The second-order valence-electron chi connectivity index (χ2n) is 4.93. The summed E-state index contributed by atoms with van der Waals surface area (Å²) in [6.45, 7) is 2.23. The van der Waals surface area contributed by atoms with E-state index in [4.69, 9.17) is 0 Å². The first-order valence-electron chi connectivity index (χ1n) is 6.74. The third-order valence-corrected chi connectivity index (χ3v) is 3.10. The van der Waals surface area contributed by atoms with Gasteiger partial charge in [0.25, 0.3) is 0 Å². The number of aliphatic hydroxyl groups excluding tert-OH is 1. The molecule has 0 saturated carbocycles. The highest BCUT2D eigenvalue weighted by atomic mass is 16.3. The van der Waals surface area contributed by atoms with Crippen molar-refractivity contribution in [3.63, 3.8) is 0 Å². The molecule has 0 spiro atoms. The summed E-state index contributed by atoms with van der Waals surface area (Å²) in [6, 6.07) is 8.19. The molecule has 4 nitrogen and oxygen atoms in total. The van der Waals surface area contributed by atoms with E-state index < -0.39 is 6.10 Å². The average molecular weight is 264 g/mol. The summed E-state index contributed by atoms with van der Waals surface area (Å²) in [5.74, 6) is -0.0100. The number of aryl methyl sites for hydroxylation is 1. The molecule has 0 radical (unpaired) electrons. The number of hydrogen-bond acceptors (Lipinski definition) is 3. The SMILES string of the molecule is CCC(O)CNC(=O)CCc1ccc(N(C)C)cc1. The van der Waals surface area contributed by atoms with Gasteiger partial charge in [0.2, 0.25) is 5.91 Å². The van der Waals surface area contributed by atoms with E-state index in [-0.39, 0.29) is 5.91 Å². The molecule has 0 aliphatic heterocycles. The van der Waals surface area contributed by atoms with E-state index in [9.17, 15) is 9.90 Å². The first kappa shape index (κ1) is 15.5. The molecule has 0 heterocycles. The molecule has 106 valence electrons. The fourth-order valence-electron chi connectivity index (χ4n) is 1.68. The number of carbonyl (C=O) groups is 1. The number of carbonyl (C=O) groups excluding carboxylic acids is 1. The van der Waals surface area contributed by atoms with E-state index in [0.29, 0.717) is 19.4 Å². The van der Waals surface area contributed by atoms with Crippen LogP contribution in [-0.2, 0) is 11.2 Å². The molecule has 0 aliphatic rings. The predicted molar refractivity (Wildman–Crippen MR) is 78.4 cm³/mol. The van der Waals surface area contributed by atoms with Gasteiger partial charge in [-0.3, -0.25) is 4.79 Å². The van der Waals surface area contributed by atoms with Gasteiger partial charge in [-0.05, 0) is 30.5 Å². The predicted octanol–water partition coefficient (Wildman–Crippen LogP) is 1.57. The van der Waals surface area contributed by atoms with E-state index >= 15 is 0 Å². The smallest absolute Gasteiger partial charge is 0.220 e. The van der Waals surface area contributed by atoms with Gasteiger partial charge in [0.1, 0.15) is 0 Å². The van der Waals surface area contributed by atoms with Crippen LogP contribution in [0.25, 0.3) is 0 Å². The largest absolute Gasteiger partial charge is 0.391 e. The minimum atomic E-state index is -0.441. The zero-order valence-electron chi connectivity index (χ0n) is 12.0. The van der Waals surface area contributed by atoms with E-state index in [1.807, 2.05) is 50.2 Å². The van der Waals surface area contributed by atoms with Crippen LogP contribution in [0.2, 0.25) is 0 Å². The normalized spacial score (nSPS) is 12.0. The molecule has 0 fully saturated rings. The summed E-state index contributed by atoms with van der Waals surface area (Å²) in [5.41, 5.74) is 2.30. The maximum atomic E-state index is 11.6. The number of anilines is 1. The molecule has 1 aromatic carbocycles. The summed E-state index contributed by atoms with van der Waals surface area (Å²) in [5, 5.41) is 12.1. The van der Waals surface area contributed by atoms with Crippen LogP contribution in [0.5, 0.6) is 0 Å². The number of benzene rings is 1.